The van der Waals surface area contributed by atoms with Gasteiger partial charge in [-0.3, -0.25) is 4.79 Å². The number of carbonyl (C=O) groups excluding carboxylic acids is 1. The highest BCUT2D eigenvalue weighted by molar-refractivity contribution is 6.34. The van der Waals surface area contributed by atoms with Crippen molar-refractivity contribution in [2.75, 3.05) is 31.1 Å². The number of halogens is 3. The molecular weight excluding hydrogens is 414 g/mol. The van der Waals surface area contributed by atoms with Crippen LogP contribution in [0, 0.1) is 5.82 Å². The summed E-state index contributed by atoms with van der Waals surface area (Å²) < 4.78 is 14.3. The fourth-order valence-corrected chi connectivity index (χ4v) is 3.93. The SMILES string of the molecule is C=CC(=O)N1CCN(c2ncnc3cc(-c4cc(Cl)ccc4F)c(Cl)cc23)CC1. The third-order valence-electron chi connectivity index (χ3n) is 4.99. The van der Waals surface area contributed by atoms with Crippen molar-refractivity contribution in [3.8, 4) is 11.1 Å². The largest absolute Gasteiger partial charge is 0.352 e. The maximum atomic E-state index is 14.3. The first-order valence-electron chi connectivity index (χ1n) is 9.04. The maximum Gasteiger partial charge on any atom is 0.246 e. The van der Waals surface area contributed by atoms with E-state index in [-0.39, 0.29) is 5.91 Å². The first-order chi connectivity index (χ1) is 14.0. The summed E-state index contributed by atoms with van der Waals surface area (Å²) in [5, 5.41) is 1.58. The molecule has 2 aromatic carbocycles. The molecule has 8 heteroatoms. The van der Waals surface area contributed by atoms with Crippen LogP contribution in [0.2, 0.25) is 10.0 Å². The average molecular weight is 431 g/mol. The van der Waals surface area contributed by atoms with E-state index < -0.39 is 5.82 Å². The molecule has 0 spiro atoms. The van der Waals surface area contributed by atoms with Gasteiger partial charge >= 0.3 is 0 Å². The number of piperazine rings is 1. The third kappa shape index (κ3) is 3.78. The zero-order valence-electron chi connectivity index (χ0n) is 15.4. The summed E-state index contributed by atoms with van der Waals surface area (Å²) in [5.41, 5.74) is 1.49. The van der Waals surface area contributed by atoms with Gasteiger partial charge in [-0.2, -0.15) is 0 Å². The molecule has 0 unspecified atom stereocenters. The molecule has 29 heavy (non-hydrogen) atoms. The molecule has 4 rings (SSSR count). The van der Waals surface area contributed by atoms with Gasteiger partial charge in [0.05, 0.1) is 5.52 Å². The van der Waals surface area contributed by atoms with Crippen LogP contribution in [0.4, 0.5) is 10.2 Å². The van der Waals surface area contributed by atoms with Gasteiger partial charge < -0.3 is 9.80 Å². The van der Waals surface area contributed by atoms with Crippen LogP contribution < -0.4 is 4.90 Å². The predicted molar refractivity (Wildman–Crippen MR) is 114 cm³/mol. The van der Waals surface area contributed by atoms with Gasteiger partial charge in [0.2, 0.25) is 5.91 Å². The van der Waals surface area contributed by atoms with Crippen molar-refractivity contribution in [1.29, 1.82) is 0 Å². The van der Waals surface area contributed by atoms with E-state index in [1.807, 2.05) is 0 Å². The lowest BCUT2D eigenvalue weighted by Gasteiger charge is -2.35. The predicted octanol–water partition coefficient (Wildman–Crippen LogP) is 4.58. The molecule has 148 valence electrons. The van der Waals surface area contributed by atoms with E-state index in [1.165, 1.54) is 24.5 Å². The van der Waals surface area contributed by atoms with Crippen LogP contribution in [0.15, 0.2) is 49.3 Å². The normalized spacial score (nSPS) is 14.3. The molecule has 0 aliphatic carbocycles. The Hall–Kier alpha value is -2.70. The number of carbonyl (C=O) groups is 1. The van der Waals surface area contributed by atoms with Crippen molar-refractivity contribution >= 4 is 45.8 Å². The maximum absolute atomic E-state index is 14.3. The molecule has 1 aliphatic heterocycles. The fourth-order valence-electron chi connectivity index (χ4n) is 3.49. The van der Waals surface area contributed by atoms with Crippen LogP contribution in [0.1, 0.15) is 0 Å². The number of nitrogens with zero attached hydrogens (tertiary/aromatic N) is 4. The number of hydrogen-bond donors (Lipinski definition) is 0. The van der Waals surface area contributed by atoms with Crippen LogP contribution in [0.5, 0.6) is 0 Å². The molecule has 3 aromatic rings. The second kappa shape index (κ2) is 7.97. The van der Waals surface area contributed by atoms with Gasteiger partial charge in [0.25, 0.3) is 0 Å². The van der Waals surface area contributed by atoms with Gasteiger partial charge in [0, 0.05) is 52.7 Å². The second-order valence-corrected chi connectivity index (χ2v) is 7.53. The lowest BCUT2D eigenvalue weighted by molar-refractivity contribution is -0.126. The van der Waals surface area contributed by atoms with E-state index >= 15 is 0 Å². The number of amides is 1. The summed E-state index contributed by atoms with van der Waals surface area (Å²) in [6, 6.07) is 7.85. The lowest BCUT2D eigenvalue weighted by atomic mass is 10.0. The zero-order chi connectivity index (χ0) is 20.5. The fraction of sp³-hybridized carbons (Fsp3) is 0.190. The molecule has 0 radical (unpaired) electrons. The second-order valence-electron chi connectivity index (χ2n) is 6.69. The van der Waals surface area contributed by atoms with Crippen LogP contribution in [0.3, 0.4) is 0 Å². The minimum atomic E-state index is -0.409. The quantitative estimate of drug-likeness (QED) is 0.570. The summed E-state index contributed by atoms with van der Waals surface area (Å²) in [6.07, 6.45) is 2.80. The number of rotatable bonds is 3. The van der Waals surface area contributed by atoms with Crippen molar-refractivity contribution in [1.82, 2.24) is 14.9 Å². The molecule has 0 bridgehead atoms. The van der Waals surface area contributed by atoms with Crippen LogP contribution in [0.25, 0.3) is 22.0 Å². The van der Waals surface area contributed by atoms with E-state index in [1.54, 1.807) is 23.1 Å². The molecule has 0 N–H and O–H groups in total. The standard InChI is InChI=1S/C21H17Cl2FN4O/c1-2-20(29)27-5-7-28(8-6-27)21-16-10-17(23)14(11-19(16)25-12-26-21)15-9-13(22)3-4-18(15)24/h2-4,9-12H,1,5-8H2. The Labute approximate surface area is 177 Å². The Morgan fingerprint density at radius 1 is 1.07 bits per heavy atom. The Balaban J connectivity index is 1.72. The van der Waals surface area contributed by atoms with Gasteiger partial charge in [0.1, 0.15) is 18.0 Å². The first-order valence-corrected chi connectivity index (χ1v) is 9.79. The van der Waals surface area contributed by atoms with E-state index in [9.17, 15) is 9.18 Å². The Bertz CT molecular complexity index is 1110. The minimum absolute atomic E-state index is 0.0755. The average Bonchev–Trinajstić information content (AvgIpc) is 2.74. The molecule has 1 saturated heterocycles. The Morgan fingerprint density at radius 2 is 1.83 bits per heavy atom. The van der Waals surface area contributed by atoms with Crippen molar-refractivity contribution in [3.05, 3.63) is 65.2 Å². The van der Waals surface area contributed by atoms with Crippen LogP contribution >= 0.6 is 23.2 Å². The van der Waals surface area contributed by atoms with E-state index in [0.717, 1.165) is 11.2 Å². The topological polar surface area (TPSA) is 49.3 Å². The molecular formula is C21H17Cl2FN4O. The number of anilines is 1. The van der Waals surface area contributed by atoms with Gasteiger partial charge in [-0.25, -0.2) is 14.4 Å². The van der Waals surface area contributed by atoms with Gasteiger partial charge in [-0.15, -0.1) is 0 Å². The molecule has 2 heterocycles. The molecule has 1 amide bonds. The highest BCUT2D eigenvalue weighted by atomic mass is 35.5. The molecule has 1 aromatic heterocycles. The smallest absolute Gasteiger partial charge is 0.246 e. The highest BCUT2D eigenvalue weighted by Gasteiger charge is 2.22. The Morgan fingerprint density at radius 3 is 2.55 bits per heavy atom. The minimum Gasteiger partial charge on any atom is -0.352 e. The number of benzene rings is 2. The molecule has 0 atom stereocenters. The van der Waals surface area contributed by atoms with E-state index in [0.29, 0.717) is 52.9 Å². The van der Waals surface area contributed by atoms with Crippen molar-refractivity contribution in [3.63, 3.8) is 0 Å². The monoisotopic (exact) mass is 430 g/mol. The van der Waals surface area contributed by atoms with E-state index in [2.05, 4.69) is 21.4 Å². The van der Waals surface area contributed by atoms with E-state index in [4.69, 9.17) is 23.2 Å². The summed E-state index contributed by atoms with van der Waals surface area (Å²) in [7, 11) is 0. The van der Waals surface area contributed by atoms with Crippen molar-refractivity contribution < 1.29 is 9.18 Å². The molecule has 1 aliphatic rings. The van der Waals surface area contributed by atoms with Gasteiger partial charge in [-0.05, 0) is 36.4 Å². The molecule has 5 nitrogen and oxygen atoms in total. The zero-order valence-corrected chi connectivity index (χ0v) is 16.9. The highest BCUT2D eigenvalue weighted by Crippen LogP contribution is 2.36. The number of aromatic nitrogens is 2. The van der Waals surface area contributed by atoms with Crippen molar-refractivity contribution in [2.45, 2.75) is 0 Å². The lowest BCUT2D eigenvalue weighted by Crippen LogP contribution is -2.48. The summed E-state index contributed by atoms with van der Waals surface area (Å²) >= 11 is 12.5. The molecule has 0 saturated carbocycles. The van der Waals surface area contributed by atoms with Crippen LogP contribution in [-0.4, -0.2) is 47.0 Å². The van der Waals surface area contributed by atoms with Gasteiger partial charge in [-0.1, -0.05) is 29.8 Å². The van der Waals surface area contributed by atoms with Crippen LogP contribution in [-0.2, 0) is 4.79 Å². The molecule has 1 fully saturated rings. The first kappa shape index (κ1) is 19.6. The van der Waals surface area contributed by atoms with Crippen molar-refractivity contribution in [2.24, 2.45) is 0 Å². The summed E-state index contributed by atoms with van der Waals surface area (Å²) in [4.78, 5) is 24.4. The Kier molecular flexibility index (Phi) is 5.39. The summed E-state index contributed by atoms with van der Waals surface area (Å²) in [6.45, 7) is 5.96. The van der Waals surface area contributed by atoms with Gasteiger partial charge in [0.15, 0.2) is 0 Å². The summed E-state index contributed by atoms with van der Waals surface area (Å²) in [5.74, 6) is 0.252. The number of hydrogen-bond acceptors (Lipinski definition) is 4. The third-order valence-corrected chi connectivity index (χ3v) is 5.53. The number of fused-ring (bicyclic) bond motifs is 1.